The fourth-order valence-electron chi connectivity index (χ4n) is 4.82. The number of benzene rings is 2. The molecule has 10 nitrogen and oxygen atoms in total. The molecule has 186 valence electrons. The number of nitrogens with zero attached hydrogens (tertiary/aromatic N) is 3. The van der Waals surface area contributed by atoms with Crippen molar-refractivity contribution >= 4 is 22.8 Å². The SMILES string of the molecule is O=c1[nH]c(-c2ccc(-c3ccc(-c4nc5nc(O[C@@H]6CO[C@@H]7CCO[C@@H]76)[nH]c5cc4Cl)cc3)cc2)no1. The van der Waals surface area contributed by atoms with E-state index in [1.165, 1.54) is 0 Å². The predicted molar refractivity (Wildman–Crippen MR) is 134 cm³/mol. The molecule has 2 fully saturated rings. The first-order chi connectivity index (χ1) is 18.1. The van der Waals surface area contributed by atoms with Crippen LogP contribution in [-0.2, 0) is 9.47 Å². The summed E-state index contributed by atoms with van der Waals surface area (Å²) in [5.41, 5.74) is 5.49. The summed E-state index contributed by atoms with van der Waals surface area (Å²) in [5.74, 6) is -0.193. The van der Waals surface area contributed by atoms with Crippen LogP contribution < -0.4 is 10.5 Å². The number of fused-ring (bicyclic) bond motifs is 2. The molecule has 0 radical (unpaired) electrons. The molecule has 0 unspecified atom stereocenters. The van der Waals surface area contributed by atoms with E-state index < -0.39 is 5.76 Å². The topological polar surface area (TPSA) is 128 Å². The monoisotopic (exact) mass is 517 g/mol. The molecule has 2 aromatic carbocycles. The van der Waals surface area contributed by atoms with Crippen molar-refractivity contribution in [1.82, 2.24) is 25.1 Å². The summed E-state index contributed by atoms with van der Waals surface area (Å²) in [6, 6.07) is 17.8. The number of halogens is 1. The third-order valence-corrected chi connectivity index (χ3v) is 6.97. The first kappa shape index (κ1) is 22.2. The summed E-state index contributed by atoms with van der Waals surface area (Å²) < 4.78 is 22.1. The molecule has 2 N–H and O–H groups in total. The quantitative estimate of drug-likeness (QED) is 0.354. The van der Waals surface area contributed by atoms with Crippen LogP contribution in [0.15, 0.2) is 63.9 Å². The lowest BCUT2D eigenvalue weighted by atomic mass is 10.0. The molecule has 2 aliphatic heterocycles. The van der Waals surface area contributed by atoms with Crippen LogP contribution in [0.5, 0.6) is 6.01 Å². The summed E-state index contributed by atoms with van der Waals surface area (Å²) in [4.78, 5) is 26.1. The van der Waals surface area contributed by atoms with Crippen LogP contribution in [0.4, 0.5) is 0 Å². The number of H-pyrrole nitrogens is 2. The van der Waals surface area contributed by atoms with Gasteiger partial charge < -0.3 is 19.2 Å². The minimum Gasteiger partial charge on any atom is -0.456 e. The number of ether oxygens (including phenoxy) is 3. The van der Waals surface area contributed by atoms with Crippen LogP contribution >= 0.6 is 11.6 Å². The first-order valence-corrected chi connectivity index (χ1v) is 12.2. The molecule has 0 amide bonds. The number of hydrogen-bond donors (Lipinski definition) is 2. The maximum atomic E-state index is 11.2. The van der Waals surface area contributed by atoms with Gasteiger partial charge in [0.05, 0.1) is 28.9 Å². The average molecular weight is 518 g/mol. The molecule has 2 aliphatic rings. The number of pyridine rings is 1. The fraction of sp³-hybridized carbons (Fsp3) is 0.231. The van der Waals surface area contributed by atoms with Crippen LogP contribution in [0.3, 0.4) is 0 Å². The van der Waals surface area contributed by atoms with Gasteiger partial charge in [-0.2, -0.15) is 4.98 Å². The largest absolute Gasteiger partial charge is 0.456 e. The Balaban J connectivity index is 1.12. The van der Waals surface area contributed by atoms with Gasteiger partial charge in [-0.1, -0.05) is 65.3 Å². The van der Waals surface area contributed by atoms with Crippen LogP contribution in [0.25, 0.3) is 44.9 Å². The van der Waals surface area contributed by atoms with Gasteiger partial charge in [-0.25, -0.2) is 9.78 Å². The molecule has 3 aromatic heterocycles. The Morgan fingerprint density at radius 1 is 0.919 bits per heavy atom. The van der Waals surface area contributed by atoms with Crippen molar-refractivity contribution in [2.24, 2.45) is 0 Å². The molecular weight excluding hydrogens is 498 g/mol. The third-order valence-electron chi connectivity index (χ3n) is 6.68. The number of hydrogen-bond acceptors (Lipinski definition) is 8. The van der Waals surface area contributed by atoms with Gasteiger partial charge in [-0.3, -0.25) is 9.51 Å². The summed E-state index contributed by atoms with van der Waals surface area (Å²) in [6.45, 7) is 1.16. The molecule has 0 spiro atoms. The van der Waals surface area contributed by atoms with E-state index in [4.69, 9.17) is 30.8 Å². The smallest absolute Gasteiger partial charge is 0.439 e. The van der Waals surface area contributed by atoms with E-state index in [-0.39, 0.29) is 18.3 Å². The van der Waals surface area contributed by atoms with Gasteiger partial charge in [0.15, 0.2) is 17.6 Å². The third kappa shape index (κ3) is 4.08. The normalized spacial score (nSPS) is 20.9. The second kappa shape index (κ2) is 8.84. The Morgan fingerprint density at radius 3 is 2.38 bits per heavy atom. The highest BCUT2D eigenvalue weighted by molar-refractivity contribution is 6.33. The molecule has 5 aromatic rings. The lowest BCUT2D eigenvalue weighted by molar-refractivity contribution is 0.0273. The molecule has 0 aliphatic carbocycles. The van der Waals surface area contributed by atoms with Crippen molar-refractivity contribution in [1.29, 1.82) is 0 Å². The Bertz CT molecular complexity index is 1640. The number of imidazole rings is 1. The summed E-state index contributed by atoms with van der Waals surface area (Å²) in [6.07, 6.45) is 0.706. The van der Waals surface area contributed by atoms with Gasteiger partial charge in [0.2, 0.25) is 0 Å². The zero-order chi connectivity index (χ0) is 24.9. The van der Waals surface area contributed by atoms with Crippen LogP contribution in [0.2, 0.25) is 5.02 Å². The second-order valence-electron chi connectivity index (χ2n) is 8.98. The van der Waals surface area contributed by atoms with Crippen molar-refractivity contribution in [3.63, 3.8) is 0 Å². The molecular formula is C26H20ClN5O5. The lowest BCUT2D eigenvalue weighted by Gasteiger charge is -2.15. The van der Waals surface area contributed by atoms with Crippen LogP contribution in [0, 0.1) is 0 Å². The van der Waals surface area contributed by atoms with E-state index in [1.54, 1.807) is 6.07 Å². The highest BCUT2D eigenvalue weighted by atomic mass is 35.5. The average Bonchev–Trinajstić information content (AvgIpc) is 3.70. The number of aromatic amines is 2. The molecule has 2 saturated heterocycles. The zero-order valence-electron chi connectivity index (χ0n) is 19.3. The van der Waals surface area contributed by atoms with E-state index in [0.29, 0.717) is 46.9 Å². The first-order valence-electron chi connectivity index (χ1n) is 11.8. The van der Waals surface area contributed by atoms with E-state index in [1.807, 2.05) is 48.5 Å². The minimum atomic E-state index is -0.584. The Hall–Kier alpha value is -3.99. The van der Waals surface area contributed by atoms with Gasteiger partial charge in [0.25, 0.3) is 6.01 Å². The molecule has 3 atom stereocenters. The summed E-state index contributed by atoms with van der Waals surface area (Å²) >= 11 is 6.59. The van der Waals surface area contributed by atoms with Gasteiger partial charge in [-0.15, -0.1) is 0 Å². The maximum absolute atomic E-state index is 11.2. The number of aromatic nitrogens is 5. The van der Waals surface area contributed by atoms with Crippen molar-refractivity contribution in [2.45, 2.75) is 24.7 Å². The van der Waals surface area contributed by atoms with E-state index in [2.05, 4.69) is 24.6 Å². The van der Waals surface area contributed by atoms with Crippen molar-refractivity contribution in [3.8, 4) is 39.8 Å². The minimum absolute atomic E-state index is 0.0682. The standard InChI is InChI=1S/C26H20ClN5O5/c27-17-11-18-24(30-25(28-18)36-20-12-35-19-9-10-34-22(19)20)29-21(17)15-5-1-13(2-6-15)14-3-7-16(8-4-14)23-31-26(33)37-32-23/h1-8,11,19-20,22H,9-10,12H2,(H,28,29,30)(H,31,32,33)/t19-,20-,22+/m1/s1. The van der Waals surface area contributed by atoms with Crippen LogP contribution in [0.1, 0.15) is 6.42 Å². The Labute approximate surface area is 214 Å². The molecule has 5 heterocycles. The summed E-state index contributed by atoms with van der Waals surface area (Å²) in [7, 11) is 0. The second-order valence-corrected chi connectivity index (χ2v) is 9.39. The van der Waals surface area contributed by atoms with Crippen LogP contribution in [-0.4, -0.2) is 56.6 Å². The molecule has 0 bridgehead atoms. The fourth-order valence-corrected chi connectivity index (χ4v) is 5.08. The van der Waals surface area contributed by atoms with Gasteiger partial charge in [-0.05, 0) is 23.6 Å². The highest BCUT2D eigenvalue weighted by Gasteiger charge is 2.43. The molecule has 7 rings (SSSR count). The Morgan fingerprint density at radius 2 is 1.65 bits per heavy atom. The molecule has 37 heavy (non-hydrogen) atoms. The molecule has 0 saturated carbocycles. The maximum Gasteiger partial charge on any atom is 0.439 e. The molecule has 11 heteroatoms. The summed E-state index contributed by atoms with van der Waals surface area (Å²) in [5, 5.41) is 4.22. The van der Waals surface area contributed by atoms with Gasteiger partial charge in [0, 0.05) is 17.7 Å². The Kier molecular flexibility index (Phi) is 5.31. The highest BCUT2D eigenvalue weighted by Crippen LogP contribution is 2.33. The van der Waals surface area contributed by atoms with E-state index in [9.17, 15) is 4.79 Å². The van der Waals surface area contributed by atoms with Crippen molar-refractivity contribution < 1.29 is 18.7 Å². The lowest BCUT2D eigenvalue weighted by Crippen LogP contribution is -2.32. The van der Waals surface area contributed by atoms with E-state index in [0.717, 1.165) is 28.7 Å². The number of rotatable bonds is 5. The van der Waals surface area contributed by atoms with E-state index >= 15 is 0 Å². The zero-order valence-corrected chi connectivity index (χ0v) is 20.1. The van der Waals surface area contributed by atoms with Crippen molar-refractivity contribution in [3.05, 3.63) is 70.2 Å². The number of nitrogens with one attached hydrogen (secondary N) is 2. The predicted octanol–water partition coefficient (Wildman–Crippen LogP) is 4.22. The van der Waals surface area contributed by atoms with Gasteiger partial charge in [0.1, 0.15) is 6.10 Å². The van der Waals surface area contributed by atoms with Crippen molar-refractivity contribution in [2.75, 3.05) is 13.2 Å². The van der Waals surface area contributed by atoms with Gasteiger partial charge >= 0.3 is 5.76 Å².